The highest BCUT2D eigenvalue weighted by Crippen LogP contribution is 2.26. The van der Waals surface area contributed by atoms with Crippen molar-refractivity contribution in [3.8, 4) is 0 Å². The Hall–Kier alpha value is -3.20. The minimum absolute atomic E-state index is 0.156. The van der Waals surface area contributed by atoms with Gasteiger partial charge in [-0.15, -0.1) is 0 Å². The van der Waals surface area contributed by atoms with E-state index in [9.17, 15) is 13.2 Å². The lowest BCUT2D eigenvalue weighted by atomic mass is 10.3. The quantitative estimate of drug-likeness (QED) is 0.575. The van der Waals surface area contributed by atoms with Crippen molar-refractivity contribution in [2.45, 2.75) is 11.3 Å². The van der Waals surface area contributed by atoms with Crippen molar-refractivity contribution in [2.24, 2.45) is 0 Å². The number of aromatic nitrogens is 4. The molecule has 0 saturated heterocycles. The van der Waals surface area contributed by atoms with E-state index in [0.29, 0.717) is 16.4 Å². The van der Waals surface area contributed by atoms with Gasteiger partial charge in [-0.25, -0.2) is 22.4 Å². The number of H-pyrrole nitrogens is 1. The number of nitrogens with zero attached hydrogens (tertiary/aromatic N) is 3. The summed E-state index contributed by atoms with van der Waals surface area (Å²) >= 11 is 0. The zero-order valence-corrected chi connectivity index (χ0v) is 13.6. The van der Waals surface area contributed by atoms with Gasteiger partial charge in [0.25, 0.3) is 10.0 Å². The van der Waals surface area contributed by atoms with Gasteiger partial charge < -0.3 is 10.1 Å². The number of imidazole rings is 1. The second kappa shape index (κ2) is 5.42. The number of nitrogens with one attached hydrogen (secondary N) is 1. The molecule has 25 heavy (non-hydrogen) atoms. The van der Waals surface area contributed by atoms with Crippen LogP contribution in [0.25, 0.3) is 22.1 Å². The highest BCUT2D eigenvalue weighted by atomic mass is 32.2. The van der Waals surface area contributed by atoms with Crippen molar-refractivity contribution in [1.29, 1.82) is 0 Å². The molecule has 0 bridgehead atoms. The fourth-order valence-electron chi connectivity index (χ4n) is 2.71. The second-order valence-electron chi connectivity index (χ2n) is 5.44. The van der Waals surface area contributed by atoms with E-state index in [1.165, 1.54) is 24.5 Å². The summed E-state index contributed by atoms with van der Waals surface area (Å²) in [5, 5.41) is 9.42. The van der Waals surface area contributed by atoms with Crippen LogP contribution in [-0.4, -0.2) is 38.4 Å². The largest absolute Gasteiger partial charge is 0.481 e. The lowest BCUT2D eigenvalue weighted by Crippen LogP contribution is -2.12. The Kier molecular flexibility index (Phi) is 3.32. The maximum absolute atomic E-state index is 12.8. The Bertz CT molecular complexity index is 1210. The van der Waals surface area contributed by atoms with Crippen LogP contribution >= 0.6 is 0 Å². The maximum Gasteiger partial charge on any atom is 0.311 e. The van der Waals surface area contributed by atoms with Gasteiger partial charge in [-0.05, 0) is 18.2 Å². The molecule has 0 saturated carbocycles. The van der Waals surface area contributed by atoms with Crippen LogP contribution in [0.1, 0.15) is 5.82 Å². The molecule has 0 fully saturated rings. The molecule has 0 spiro atoms. The van der Waals surface area contributed by atoms with E-state index in [0.717, 1.165) is 3.97 Å². The molecule has 4 rings (SSSR count). The molecule has 0 radical (unpaired) electrons. The van der Waals surface area contributed by atoms with E-state index in [-0.39, 0.29) is 22.8 Å². The van der Waals surface area contributed by atoms with Gasteiger partial charge >= 0.3 is 5.97 Å². The molecule has 2 N–H and O–H groups in total. The third-order valence-corrected chi connectivity index (χ3v) is 5.48. The predicted molar refractivity (Wildman–Crippen MR) is 89.8 cm³/mol. The van der Waals surface area contributed by atoms with Crippen LogP contribution in [-0.2, 0) is 21.2 Å². The summed E-state index contributed by atoms with van der Waals surface area (Å²) in [6, 6.07) is 9.67. The van der Waals surface area contributed by atoms with Gasteiger partial charge in [0.05, 0.1) is 16.6 Å². The lowest BCUT2D eigenvalue weighted by molar-refractivity contribution is -0.136. The minimum Gasteiger partial charge on any atom is -0.481 e. The molecule has 0 amide bonds. The van der Waals surface area contributed by atoms with Gasteiger partial charge in [-0.3, -0.25) is 4.79 Å². The van der Waals surface area contributed by atoms with Crippen LogP contribution in [0.2, 0.25) is 0 Å². The molecule has 0 unspecified atom stereocenters. The molecule has 4 aromatic rings. The SMILES string of the molecule is O=C(O)Cc1nc2c(cnc3c2ccn3S(=O)(=O)c2ccccc2)[nH]1. The predicted octanol–water partition coefficient (Wildman–Crippen LogP) is 1.78. The van der Waals surface area contributed by atoms with E-state index in [1.54, 1.807) is 24.3 Å². The summed E-state index contributed by atoms with van der Waals surface area (Å²) in [6.07, 6.45) is 2.62. The van der Waals surface area contributed by atoms with E-state index in [2.05, 4.69) is 15.0 Å². The number of benzene rings is 1. The molecule has 1 aromatic carbocycles. The van der Waals surface area contributed by atoms with E-state index in [1.807, 2.05) is 0 Å². The van der Waals surface area contributed by atoms with Crippen molar-refractivity contribution in [1.82, 2.24) is 18.9 Å². The molecular formula is C16H12N4O4S. The average Bonchev–Trinajstić information content (AvgIpc) is 3.18. The first-order chi connectivity index (χ1) is 12.0. The van der Waals surface area contributed by atoms with Crippen LogP contribution in [0.3, 0.4) is 0 Å². The first-order valence-electron chi connectivity index (χ1n) is 7.34. The second-order valence-corrected chi connectivity index (χ2v) is 7.26. The Labute approximate surface area is 141 Å². The summed E-state index contributed by atoms with van der Waals surface area (Å²) in [7, 11) is -3.78. The Morgan fingerprint density at radius 3 is 2.68 bits per heavy atom. The van der Waals surface area contributed by atoms with Crippen LogP contribution in [0.15, 0.2) is 53.7 Å². The molecule has 9 heteroatoms. The number of aromatic amines is 1. The first kappa shape index (κ1) is 15.3. The number of carbonyl (C=O) groups is 1. The van der Waals surface area contributed by atoms with Gasteiger partial charge in [0.2, 0.25) is 0 Å². The van der Waals surface area contributed by atoms with Crippen molar-refractivity contribution >= 4 is 38.1 Å². The third-order valence-electron chi connectivity index (χ3n) is 3.80. The van der Waals surface area contributed by atoms with Gasteiger partial charge in [0.15, 0.2) is 5.65 Å². The smallest absolute Gasteiger partial charge is 0.311 e. The fraction of sp³-hybridized carbons (Fsp3) is 0.0625. The Balaban J connectivity index is 1.92. The number of aliphatic carboxylic acids is 1. The van der Waals surface area contributed by atoms with Gasteiger partial charge in [-0.1, -0.05) is 18.2 Å². The number of rotatable bonds is 4. The Morgan fingerprint density at radius 1 is 1.20 bits per heavy atom. The summed E-state index contributed by atoms with van der Waals surface area (Å²) < 4.78 is 26.7. The molecule has 3 aromatic heterocycles. The zero-order valence-electron chi connectivity index (χ0n) is 12.7. The summed E-state index contributed by atoms with van der Waals surface area (Å²) in [6.45, 7) is 0. The van der Waals surface area contributed by atoms with E-state index in [4.69, 9.17) is 5.11 Å². The first-order valence-corrected chi connectivity index (χ1v) is 8.78. The number of carboxylic acid groups (broad SMARTS) is 1. The van der Waals surface area contributed by atoms with E-state index >= 15 is 0 Å². The molecule has 0 atom stereocenters. The fourth-order valence-corrected chi connectivity index (χ4v) is 4.03. The molecule has 8 nitrogen and oxygen atoms in total. The standard InChI is InChI=1S/C16H12N4O4S/c21-14(22)8-13-18-12-9-17-16-11(15(12)19-13)6-7-20(16)25(23,24)10-4-2-1-3-5-10/h1-7,9H,8H2,(H,18,19)(H,21,22). The number of carboxylic acids is 1. The highest BCUT2D eigenvalue weighted by Gasteiger charge is 2.21. The van der Waals surface area contributed by atoms with Crippen molar-refractivity contribution < 1.29 is 18.3 Å². The van der Waals surface area contributed by atoms with Crippen molar-refractivity contribution in [3.05, 3.63) is 54.6 Å². The van der Waals surface area contributed by atoms with Gasteiger partial charge in [-0.2, -0.15) is 0 Å². The van der Waals surface area contributed by atoms with Crippen LogP contribution in [0, 0.1) is 0 Å². The zero-order chi connectivity index (χ0) is 17.6. The van der Waals surface area contributed by atoms with Crippen molar-refractivity contribution in [3.63, 3.8) is 0 Å². The number of hydrogen-bond acceptors (Lipinski definition) is 5. The third kappa shape index (κ3) is 2.45. The lowest BCUT2D eigenvalue weighted by Gasteiger charge is -2.06. The maximum atomic E-state index is 12.8. The van der Waals surface area contributed by atoms with Crippen LogP contribution < -0.4 is 0 Å². The number of hydrogen-bond donors (Lipinski definition) is 2. The molecule has 0 aliphatic heterocycles. The monoisotopic (exact) mass is 356 g/mol. The molecule has 0 aliphatic rings. The number of fused-ring (bicyclic) bond motifs is 3. The summed E-state index contributed by atoms with van der Waals surface area (Å²) in [5.41, 5.74) is 1.28. The molecular weight excluding hydrogens is 344 g/mol. The van der Waals surface area contributed by atoms with Gasteiger partial charge in [0, 0.05) is 11.6 Å². The Morgan fingerprint density at radius 2 is 1.96 bits per heavy atom. The topological polar surface area (TPSA) is 118 Å². The van der Waals surface area contributed by atoms with E-state index < -0.39 is 16.0 Å². The summed E-state index contributed by atoms with van der Waals surface area (Å²) in [5.74, 6) is -0.719. The highest BCUT2D eigenvalue weighted by molar-refractivity contribution is 7.90. The van der Waals surface area contributed by atoms with Gasteiger partial charge in [0.1, 0.15) is 17.8 Å². The average molecular weight is 356 g/mol. The van der Waals surface area contributed by atoms with Crippen molar-refractivity contribution in [2.75, 3.05) is 0 Å². The molecule has 0 aliphatic carbocycles. The normalized spacial score (nSPS) is 12.0. The summed E-state index contributed by atoms with van der Waals surface area (Å²) in [4.78, 5) is 22.4. The minimum atomic E-state index is -3.78. The molecule has 126 valence electrons. The number of pyridine rings is 1. The van der Waals surface area contributed by atoms with Crippen LogP contribution in [0.4, 0.5) is 0 Å². The molecule has 3 heterocycles. The van der Waals surface area contributed by atoms with Crippen LogP contribution in [0.5, 0.6) is 0 Å².